The number of amides is 3. The van der Waals surface area contributed by atoms with E-state index >= 15 is 0 Å². The Morgan fingerprint density at radius 3 is 0.920 bits per heavy atom. The van der Waals surface area contributed by atoms with Crippen molar-refractivity contribution in [3.05, 3.63) is 0 Å². The van der Waals surface area contributed by atoms with Crippen molar-refractivity contribution >= 4 is 33.4 Å². The van der Waals surface area contributed by atoms with Crippen molar-refractivity contribution in [1.29, 1.82) is 0 Å². The highest BCUT2D eigenvalue weighted by atomic mass is 31.2. The topological polar surface area (TPSA) is 439 Å². The van der Waals surface area contributed by atoms with Gasteiger partial charge in [-0.3, -0.25) is 32.5 Å². The van der Waals surface area contributed by atoms with Crippen LogP contribution in [0.15, 0.2) is 0 Å². The Labute approximate surface area is 511 Å². The van der Waals surface area contributed by atoms with Crippen LogP contribution in [0.4, 0.5) is 0 Å². The molecule has 0 aromatic rings. The normalized spacial score (nSPS) is 28.9. The van der Waals surface area contributed by atoms with Gasteiger partial charge in [-0.15, -0.1) is 0 Å². The van der Waals surface area contributed by atoms with E-state index in [1.807, 2.05) is 13.8 Å². The molecular formula is C54H105N3O28P2. The highest BCUT2D eigenvalue weighted by molar-refractivity contribution is 7.47. The van der Waals surface area contributed by atoms with Crippen LogP contribution in [0.1, 0.15) is 112 Å². The summed E-state index contributed by atoms with van der Waals surface area (Å²) in [6, 6.07) is 0. The fourth-order valence-corrected chi connectivity index (χ4v) is 10.9. The van der Waals surface area contributed by atoms with E-state index in [1.54, 1.807) is 20.8 Å². The molecule has 0 aromatic heterocycles. The highest BCUT2D eigenvalue weighted by Crippen LogP contribution is 2.44. The molecule has 3 heterocycles. The van der Waals surface area contributed by atoms with Crippen LogP contribution in [0.3, 0.4) is 0 Å². The lowest BCUT2D eigenvalue weighted by molar-refractivity contribution is -0.282. The van der Waals surface area contributed by atoms with Crippen LogP contribution in [-0.4, -0.2) is 293 Å². The first-order chi connectivity index (χ1) is 41.5. The highest BCUT2D eigenvalue weighted by Gasteiger charge is 2.45. The number of phosphoric ester groups is 2. The summed E-state index contributed by atoms with van der Waals surface area (Å²) in [5, 5.41) is 99.1. The summed E-state index contributed by atoms with van der Waals surface area (Å²) in [5.41, 5.74) is 0. The predicted octanol–water partition coefficient (Wildman–Crippen LogP) is -0.639. The second-order valence-corrected chi connectivity index (χ2v) is 24.3. The van der Waals surface area contributed by atoms with Gasteiger partial charge in [0.25, 0.3) is 0 Å². The third-order valence-electron chi connectivity index (χ3n) is 15.0. The molecule has 0 aliphatic carbocycles. The number of aliphatic hydroxyl groups excluding tert-OH is 10. The number of phosphoric acid groups is 2. The summed E-state index contributed by atoms with van der Waals surface area (Å²) in [6.07, 6.45) is -8.40. The van der Waals surface area contributed by atoms with Crippen LogP contribution in [0.5, 0.6) is 0 Å². The number of rotatable bonds is 45. The molecule has 0 radical (unpaired) electrons. The van der Waals surface area contributed by atoms with Gasteiger partial charge in [-0.2, -0.15) is 0 Å². The van der Waals surface area contributed by atoms with Crippen molar-refractivity contribution in [2.24, 2.45) is 17.8 Å². The Balaban J connectivity index is 0.0000128. The van der Waals surface area contributed by atoms with E-state index in [0.29, 0.717) is 57.8 Å². The molecule has 0 saturated carbocycles. The molecule has 3 rings (SSSR count). The number of carbonyl (C=O) groups excluding carboxylic acids is 3. The molecule has 3 aliphatic heterocycles. The van der Waals surface area contributed by atoms with Crippen LogP contribution < -0.4 is 0 Å². The van der Waals surface area contributed by atoms with Gasteiger partial charge in [-0.25, -0.2) is 9.13 Å². The van der Waals surface area contributed by atoms with Gasteiger partial charge < -0.3 is 109 Å². The maximum atomic E-state index is 13.6. The minimum atomic E-state index is -4.80. The van der Waals surface area contributed by atoms with E-state index in [-0.39, 0.29) is 96.8 Å². The SMILES string of the molecule is CC.COCCN(CCOP(=O)(O)OCCN(CCOP(=O)(O)OCCN(CCO)C(=O)CCCCCO[C@@H]1OC(CO)[C@H](O)[C@H](O)C1C)C(=O)CCCCCO[C@@H]1OC(CO)[C@H](O)[C@H](O)C1C)C(=O)CCCCCO[C@@H]1OC(CO)[C@H](O)[C@H](O)C1C. The molecule has 3 fully saturated rings. The molecule has 3 amide bonds. The quantitative estimate of drug-likeness (QED) is 0.0266. The fourth-order valence-electron chi connectivity index (χ4n) is 9.52. The maximum Gasteiger partial charge on any atom is 0.472 e. The van der Waals surface area contributed by atoms with Crippen LogP contribution in [0.2, 0.25) is 0 Å². The molecule has 17 atom stereocenters. The van der Waals surface area contributed by atoms with Gasteiger partial charge in [0.05, 0.1) is 77.8 Å². The Hall–Kier alpha value is -2.05. The summed E-state index contributed by atoms with van der Waals surface area (Å²) in [4.78, 5) is 64.7. The van der Waals surface area contributed by atoms with E-state index in [2.05, 4.69) is 0 Å². The molecule has 3 aliphatic rings. The monoisotopic (exact) mass is 1310 g/mol. The van der Waals surface area contributed by atoms with Crippen molar-refractivity contribution in [2.45, 2.75) is 185 Å². The zero-order valence-electron chi connectivity index (χ0n) is 51.5. The van der Waals surface area contributed by atoms with Crippen molar-refractivity contribution in [1.82, 2.24) is 14.7 Å². The maximum absolute atomic E-state index is 13.6. The lowest BCUT2D eigenvalue weighted by Crippen LogP contribution is -2.55. The van der Waals surface area contributed by atoms with Crippen molar-refractivity contribution in [2.75, 3.05) is 126 Å². The second kappa shape index (κ2) is 44.5. The van der Waals surface area contributed by atoms with Crippen LogP contribution in [-0.2, 0) is 74.8 Å². The van der Waals surface area contributed by atoms with Crippen molar-refractivity contribution < 1.29 is 136 Å². The smallest absolute Gasteiger partial charge is 0.395 e. The molecule has 33 heteroatoms. The van der Waals surface area contributed by atoms with Crippen LogP contribution in [0.25, 0.3) is 0 Å². The van der Waals surface area contributed by atoms with Gasteiger partial charge in [0, 0.05) is 103 Å². The predicted molar refractivity (Wildman–Crippen MR) is 308 cm³/mol. The Morgan fingerprint density at radius 2 is 0.667 bits per heavy atom. The number of carbonyl (C=O) groups is 3. The summed E-state index contributed by atoms with van der Waals surface area (Å²) >= 11 is 0. The number of aliphatic hydroxyl groups is 10. The minimum absolute atomic E-state index is 0.0510. The number of hydrogen-bond acceptors (Lipinski definition) is 26. The van der Waals surface area contributed by atoms with E-state index in [0.717, 1.165) is 0 Å². The van der Waals surface area contributed by atoms with E-state index < -0.39 is 166 Å². The van der Waals surface area contributed by atoms with Gasteiger partial charge in [-0.05, 0) is 38.5 Å². The molecule has 514 valence electrons. The lowest BCUT2D eigenvalue weighted by Gasteiger charge is -2.40. The van der Waals surface area contributed by atoms with E-state index in [4.69, 9.17) is 51.3 Å². The zero-order valence-corrected chi connectivity index (χ0v) is 53.3. The average molecular weight is 1310 g/mol. The zero-order chi connectivity index (χ0) is 65.1. The lowest BCUT2D eigenvalue weighted by atomic mass is 9.92. The fraction of sp³-hybridized carbons (Fsp3) is 0.944. The van der Waals surface area contributed by atoms with Gasteiger partial charge in [-0.1, -0.05) is 53.9 Å². The molecular weight excluding hydrogens is 1200 g/mol. The third-order valence-corrected chi connectivity index (χ3v) is 17.0. The standard InChI is InChI=1S/C52H99N3O28P2.C2H6/c1-35-44(63)47(66)38(32-57)81-50(35)74-24-11-5-8-14-41(60)53(17-23-56)19-28-77-84(69,70)79-30-21-55(43(62)16-10-7-13-26-76-52-37(3)46(65)49(68)40(34-59)83-52)22-31-80-85(71,72)78-29-20-54(18-27-73-4)42(61)15-9-6-12-25-75-51-36(2)45(64)48(67)39(33-58)82-51;1-2/h35-40,44-52,56-59,63-68H,5-34H2,1-4H3,(H,69,70)(H,71,72);1-2H3/t35?,36?,37?,38?,39?,40?,44-,45-,46-,47+,48+,49+,50-,51-,52-;/m1./s1. The summed E-state index contributed by atoms with van der Waals surface area (Å²) < 4.78 is 85.7. The molecule has 31 nitrogen and oxygen atoms in total. The number of hydrogen-bond donors (Lipinski definition) is 12. The molecule has 0 aromatic carbocycles. The number of unbranched alkanes of at least 4 members (excludes halogenated alkanes) is 6. The summed E-state index contributed by atoms with van der Waals surface area (Å²) in [5.74, 6) is -2.82. The molecule has 0 bridgehead atoms. The van der Waals surface area contributed by atoms with Gasteiger partial charge in [0.1, 0.15) is 36.6 Å². The van der Waals surface area contributed by atoms with E-state index in [9.17, 15) is 84.4 Å². The number of nitrogens with zero attached hydrogens (tertiary/aromatic N) is 3. The summed E-state index contributed by atoms with van der Waals surface area (Å²) in [7, 11) is -8.13. The molecule has 3 saturated heterocycles. The Bertz CT molecular complexity index is 1960. The van der Waals surface area contributed by atoms with Crippen molar-refractivity contribution in [3.8, 4) is 0 Å². The second-order valence-electron chi connectivity index (χ2n) is 21.4. The first-order valence-electron chi connectivity index (χ1n) is 30.3. The Kier molecular flexibility index (Phi) is 41.4. The number of methoxy groups -OCH3 is 1. The third kappa shape index (κ3) is 29.6. The first-order valence-corrected chi connectivity index (χ1v) is 33.3. The van der Waals surface area contributed by atoms with Crippen LogP contribution in [0, 0.1) is 17.8 Å². The van der Waals surface area contributed by atoms with Gasteiger partial charge >= 0.3 is 15.6 Å². The largest absolute Gasteiger partial charge is 0.472 e. The van der Waals surface area contributed by atoms with E-state index in [1.165, 1.54) is 21.8 Å². The molecule has 0 spiro atoms. The van der Waals surface area contributed by atoms with Gasteiger partial charge in [0.2, 0.25) is 17.7 Å². The average Bonchev–Trinajstić information content (AvgIpc) is 3.65. The Morgan fingerprint density at radius 1 is 0.402 bits per heavy atom. The van der Waals surface area contributed by atoms with Gasteiger partial charge in [0.15, 0.2) is 18.9 Å². The molecule has 8 unspecified atom stereocenters. The van der Waals surface area contributed by atoms with Crippen molar-refractivity contribution in [3.63, 3.8) is 0 Å². The molecule has 87 heavy (non-hydrogen) atoms. The number of ether oxygens (including phenoxy) is 7. The minimum Gasteiger partial charge on any atom is -0.395 e. The summed E-state index contributed by atoms with van der Waals surface area (Å²) in [6.45, 7) is 4.94. The van der Waals surface area contributed by atoms with Crippen LogP contribution >= 0.6 is 15.6 Å². The first kappa shape index (κ1) is 81.0. The molecule has 12 N–H and O–H groups in total.